The molecule has 0 aliphatic heterocycles. The van der Waals surface area contributed by atoms with Gasteiger partial charge in [-0.1, -0.05) is 0 Å². The highest BCUT2D eigenvalue weighted by molar-refractivity contribution is 5.35. The predicted octanol–water partition coefficient (Wildman–Crippen LogP) is 3.62. The third-order valence-electron chi connectivity index (χ3n) is 5.54. The minimum absolute atomic E-state index is 0.138. The number of pyridine rings is 1. The molecule has 1 N–H and O–H groups in total. The molecule has 4 aliphatic carbocycles. The van der Waals surface area contributed by atoms with Crippen LogP contribution in [0.3, 0.4) is 0 Å². The second kappa shape index (κ2) is 5.24. The molecule has 4 fully saturated rings. The summed E-state index contributed by atoms with van der Waals surface area (Å²) in [6.07, 6.45) is 9.64. The van der Waals surface area contributed by atoms with E-state index in [4.69, 9.17) is 4.74 Å². The molecule has 0 aromatic carbocycles. The summed E-state index contributed by atoms with van der Waals surface area (Å²) in [4.78, 5) is 4.00. The molecule has 0 radical (unpaired) electrons. The molecule has 0 atom stereocenters. The van der Waals surface area contributed by atoms with E-state index in [9.17, 15) is 4.39 Å². The summed E-state index contributed by atoms with van der Waals surface area (Å²) in [7, 11) is 0. The Morgan fingerprint density at radius 3 is 2.48 bits per heavy atom. The first-order valence-electron chi connectivity index (χ1n) is 8.21. The summed E-state index contributed by atoms with van der Waals surface area (Å²) in [6, 6.07) is 3.03. The van der Waals surface area contributed by atoms with E-state index in [1.807, 2.05) is 0 Å². The van der Waals surface area contributed by atoms with Gasteiger partial charge in [-0.2, -0.15) is 0 Å². The summed E-state index contributed by atoms with van der Waals surface area (Å²) in [5.74, 6) is 2.73. The van der Waals surface area contributed by atoms with E-state index in [2.05, 4.69) is 10.3 Å². The van der Waals surface area contributed by atoms with Gasteiger partial charge in [-0.25, -0.2) is 9.37 Å². The molecule has 1 heterocycles. The van der Waals surface area contributed by atoms with Crippen LogP contribution in [0.15, 0.2) is 18.3 Å². The number of anilines is 1. The van der Waals surface area contributed by atoms with E-state index in [-0.39, 0.29) is 11.4 Å². The van der Waals surface area contributed by atoms with Gasteiger partial charge in [0, 0.05) is 12.7 Å². The SMILES string of the molecule is Fc1cccnc1NCCOC12CC3CC(CC(C3)C1)C2. The van der Waals surface area contributed by atoms with E-state index in [0.29, 0.717) is 19.0 Å². The molecule has 0 amide bonds. The van der Waals surface area contributed by atoms with Gasteiger partial charge in [0.25, 0.3) is 0 Å². The molecule has 5 rings (SSSR count). The first-order valence-corrected chi connectivity index (χ1v) is 8.21. The van der Waals surface area contributed by atoms with E-state index in [1.165, 1.54) is 44.6 Å². The van der Waals surface area contributed by atoms with Crippen LogP contribution in [0.5, 0.6) is 0 Å². The average Bonchev–Trinajstić information content (AvgIpc) is 2.44. The minimum atomic E-state index is -0.299. The number of rotatable bonds is 5. The lowest BCUT2D eigenvalue weighted by atomic mass is 9.54. The third kappa shape index (κ3) is 2.66. The number of nitrogens with zero attached hydrogens (tertiary/aromatic N) is 1. The second-order valence-corrected chi connectivity index (χ2v) is 7.21. The lowest BCUT2D eigenvalue weighted by molar-refractivity contribution is -0.159. The molecule has 114 valence electrons. The van der Waals surface area contributed by atoms with Crippen LogP contribution < -0.4 is 5.32 Å². The van der Waals surface area contributed by atoms with E-state index >= 15 is 0 Å². The maximum Gasteiger partial charge on any atom is 0.165 e. The topological polar surface area (TPSA) is 34.2 Å². The molecule has 4 aliphatic rings. The van der Waals surface area contributed by atoms with Crippen molar-refractivity contribution in [2.24, 2.45) is 17.8 Å². The van der Waals surface area contributed by atoms with Gasteiger partial charge in [-0.15, -0.1) is 0 Å². The second-order valence-electron chi connectivity index (χ2n) is 7.21. The fourth-order valence-corrected chi connectivity index (χ4v) is 5.16. The van der Waals surface area contributed by atoms with E-state index in [1.54, 1.807) is 12.3 Å². The van der Waals surface area contributed by atoms with Crippen molar-refractivity contribution in [2.75, 3.05) is 18.5 Å². The normalized spacial score (nSPS) is 36.9. The smallest absolute Gasteiger partial charge is 0.165 e. The molecule has 3 nitrogen and oxygen atoms in total. The van der Waals surface area contributed by atoms with Crippen LogP contribution in [0.1, 0.15) is 38.5 Å². The Hall–Kier alpha value is -1.16. The van der Waals surface area contributed by atoms with Crippen LogP contribution in [-0.2, 0) is 4.74 Å². The highest BCUT2D eigenvalue weighted by Gasteiger charge is 2.51. The molecular weight excluding hydrogens is 267 g/mol. The average molecular weight is 290 g/mol. The Labute approximate surface area is 125 Å². The van der Waals surface area contributed by atoms with Gasteiger partial charge in [0.2, 0.25) is 0 Å². The summed E-state index contributed by atoms with van der Waals surface area (Å²) in [6.45, 7) is 1.26. The van der Waals surface area contributed by atoms with Gasteiger partial charge < -0.3 is 10.1 Å². The zero-order chi connectivity index (χ0) is 14.3. The van der Waals surface area contributed by atoms with Gasteiger partial charge in [0.05, 0.1) is 12.2 Å². The van der Waals surface area contributed by atoms with E-state index < -0.39 is 0 Å². The van der Waals surface area contributed by atoms with Gasteiger partial charge in [0.1, 0.15) is 0 Å². The molecule has 1 aromatic heterocycles. The van der Waals surface area contributed by atoms with Crippen LogP contribution in [0, 0.1) is 23.6 Å². The molecular formula is C17H23FN2O. The Balaban J connectivity index is 1.30. The summed E-state index contributed by atoms with van der Waals surface area (Å²) >= 11 is 0. The fourth-order valence-electron chi connectivity index (χ4n) is 5.16. The number of halogens is 1. The van der Waals surface area contributed by atoms with Gasteiger partial charge in [-0.3, -0.25) is 0 Å². The van der Waals surface area contributed by atoms with Crippen molar-refractivity contribution in [3.05, 3.63) is 24.1 Å². The molecule has 4 saturated carbocycles. The summed E-state index contributed by atoms with van der Waals surface area (Å²) < 4.78 is 19.8. The first-order chi connectivity index (χ1) is 10.2. The van der Waals surface area contributed by atoms with Crippen molar-refractivity contribution in [3.63, 3.8) is 0 Å². The molecule has 21 heavy (non-hydrogen) atoms. The van der Waals surface area contributed by atoms with Crippen LogP contribution >= 0.6 is 0 Å². The largest absolute Gasteiger partial charge is 0.373 e. The molecule has 4 bridgehead atoms. The van der Waals surface area contributed by atoms with Crippen LogP contribution in [0.4, 0.5) is 10.2 Å². The fraction of sp³-hybridized carbons (Fsp3) is 0.706. The maximum absolute atomic E-state index is 13.5. The zero-order valence-corrected chi connectivity index (χ0v) is 12.4. The van der Waals surface area contributed by atoms with Crippen LogP contribution in [0.2, 0.25) is 0 Å². The minimum Gasteiger partial charge on any atom is -0.373 e. The van der Waals surface area contributed by atoms with Crippen molar-refractivity contribution in [3.8, 4) is 0 Å². The molecule has 0 saturated heterocycles. The highest BCUT2D eigenvalue weighted by atomic mass is 19.1. The van der Waals surface area contributed by atoms with Gasteiger partial charge in [0.15, 0.2) is 11.6 Å². The number of ether oxygens (including phenoxy) is 1. The Bertz CT molecular complexity index is 484. The van der Waals surface area contributed by atoms with Crippen LogP contribution in [-0.4, -0.2) is 23.7 Å². The zero-order valence-electron chi connectivity index (χ0n) is 12.4. The number of hydrogen-bond donors (Lipinski definition) is 1. The van der Waals surface area contributed by atoms with Crippen molar-refractivity contribution >= 4 is 5.82 Å². The number of nitrogens with one attached hydrogen (secondary N) is 1. The molecule has 0 unspecified atom stereocenters. The third-order valence-corrected chi connectivity index (χ3v) is 5.54. The monoisotopic (exact) mass is 290 g/mol. The molecule has 4 heteroatoms. The van der Waals surface area contributed by atoms with Crippen molar-refractivity contribution in [2.45, 2.75) is 44.1 Å². The molecule has 1 aromatic rings. The van der Waals surface area contributed by atoms with E-state index in [0.717, 1.165) is 17.8 Å². The van der Waals surface area contributed by atoms with Crippen molar-refractivity contribution in [1.29, 1.82) is 0 Å². The number of hydrogen-bond acceptors (Lipinski definition) is 3. The number of aromatic nitrogens is 1. The quantitative estimate of drug-likeness (QED) is 0.841. The van der Waals surface area contributed by atoms with Crippen molar-refractivity contribution < 1.29 is 9.13 Å². The first kappa shape index (κ1) is 13.5. The lowest BCUT2D eigenvalue weighted by Gasteiger charge is -2.56. The Morgan fingerprint density at radius 1 is 1.19 bits per heavy atom. The predicted molar refractivity (Wildman–Crippen MR) is 79.5 cm³/mol. The Morgan fingerprint density at radius 2 is 1.86 bits per heavy atom. The summed E-state index contributed by atoms with van der Waals surface area (Å²) in [5.41, 5.74) is 0.138. The van der Waals surface area contributed by atoms with Crippen molar-refractivity contribution in [1.82, 2.24) is 4.98 Å². The van der Waals surface area contributed by atoms with Crippen LogP contribution in [0.25, 0.3) is 0 Å². The van der Waals surface area contributed by atoms with Gasteiger partial charge in [-0.05, 0) is 68.4 Å². The standard InChI is InChI=1S/C17H23FN2O/c18-15-2-1-3-19-16(15)20-4-5-21-17-9-12-6-13(10-17)8-14(7-12)11-17/h1-3,12-14H,4-11H2,(H,19,20). The lowest BCUT2D eigenvalue weighted by Crippen LogP contribution is -2.52. The summed E-state index contributed by atoms with van der Waals surface area (Å²) in [5, 5.41) is 3.03. The van der Waals surface area contributed by atoms with Gasteiger partial charge >= 0.3 is 0 Å². The maximum atomic E-state index is 13.5. The Kier molecular flexibility index (Phi) is 3.37. The molecule has 0 spiro atoms. The highest BCUT2D eigenvalue weighted by Crippen LogP contribution is 2.57.